The molecule has 1 aromatic carbocycles. The van der Waals surface area contributed by atoms with Crippen molar-refractivity contribution in [3.05, 3.63) is 52.0 Å². The molecule has 2 aromatic heterocycles. The molecule has 3 heterocycles. The Hall–Kier alpha value is -2.54. The van der Waals surface area contributed by atoms with E-state index in [0.29, 0.717) is 24.0 Å². The number of fused-ring (bicyclic) bond motifs is 1. The number of piperidine rings is 1. The molecule has 1 N–H and O–H groups in total. The number of hydrogen-bond acceptors (Lipinski definition) is 6. The van der Waals surface area contributed by atoms with Gasteiger partial charge >= 0.3 is 0 Å². The summed E-state index contributed by atoms with van der Waals surface area (Å²) >= 11 is 0. The first-order valence-electron chi connectivity index (χ1n) is 8.19. The van der Waals surface area contributed by atoms with Crippen molar-refractivity contribution in [2.24, 2.45) is 0 Å². The van der Waals surface area contributed by atoms with Gasteiger partial charge in [0.15, 0.2) is 5.82 Å². The second kappa shape index (κ2) is 6.16. The lowest BCUT2D eigenvalue weighted by Crippen LogP contribution is -2.36. The van der Waals surface area contributed by atoms with Crippen molar-refractivity contribution in [2.75, 3.05) is 13.1 Å². The Morgan fingerprint density at radius 3 is 3.04 bits per heavy atom. The number of benzene rings is 1. The molecule has 1 aliphatic heterocycles. The third kappa shape index (κ3) is 2.94. The standard InChI is InChI=1S/C17H19N5O2/c1-11-18-17(24-21-11)12-5-4-8-22(9-12)10-15-16(23)20-14-7-3-2-6-13(14)19-15/h2-3,6-7,12H,4-5,8-10H2,1H3,(H,20,23)/t12-/m1/s1. The van der Waals surface area contributed by atoms with Crippen LogP contribution in [0, 0.1) is 6.92 Å². The van der Waals surface area contributed by atoms with Gasteiger partial charge in [0.1, 0.15) is 5.69 Å². The van der Waals surface area contributed by atoms with E-state index in [1.54, 1.807) is 0 Å². The number of nitrogens with zero attached hydrogens (tertiary/aromatic N) is 4. The van der Waals surface area contributed by atoms with Crippen molar-refractivity contribution in [3.63, 3.8) is 0 Å². The molecular weight excluding hydrogens is 306 g/mol. The van der Waals surface area contributed by atoms with Crippen LogP contribution in [0.25, 0.3) is 11.0 Å². The predicted octanol–water partition coefficient (Wildman–Crippen LogP) is 1.99. The van der Waals surface area contributed by atoms with Crippen LogP contribution in [0.15, 0.2) is 33.6 Å². The molecule has 0 spiro atoms. The average molecular weight is 325 g/mol. The van der Waals surface area contributed by atoms with Crippen LogP contribution in [-0.4, -0.2) is 38.1 Å². The van der Waals surface area contributed by atoms with Gasteiger partial charge in [-0.05, 0) is 38.4 Å². The average Bonchev–Trinajstić information content (AvgIpc) is 3.02. The maximum atomic E-state index is 12.3. The van der Waals surface area contributed by atoms with E-state index in [1.165, 1.54) is 0 Å². The van der Waals surface area contributed by atoms with Crippen molar-refractivity contribution >= 4 is 11.0 Å². The van der Waals surface area contributed by atoms with Crippen molar-refractivity contribution in [1.29, 1.82) is 0 Å². The predicted molar refractivity (Wildman–Crippen MR) is 88.7 cm³/mol. The highest BCUT2D eigenvalue weighted by atomic mass is 16.5. The fourth-order valence-corrected chi connectivity index (χ4v) is 3.27. The van der Waals surface area contributed by atoms with Crippen molar-refractivity contribution in [3.8, 4) is 0 Å². The van der Waals surface area contributed by atoms with E-state index in [1.807, 2.05) is 31.2 Å². The molecule has 0 bridgehead atoms. The third-order valence-corrected chi connectivity index (χ3v) is 4.44. The number of aromatic nitrogens is 4. The van der Waals surface area contributed by atoms with Crippen LogP contribution in [0.1, 0.15) is 36.2 Å². The van der Waals surface area contributed by atoms with Crippen LogP contribution < -0.4 is 5.56 Å². The summed E-state index contributed by atoms with van der Waals surface area (Å²) < 4.78 is 5.31. The molecule has 0 amide bonds. The monoisotopic (exact) mass is 325 g/mol. The molecule has 0 unspecified atom stereocenters. The number of para-hydroxylation sites is 2. The first-order chi connectivity index (χ1) is 11.7. The minimum Gasteiger partial charge on any atom is -0.339 e. The summed E-state index contributed by atoms with van der Waals surface area (Å²) in [6, 6.07) is 7.59. The molecule has 0 saturated carbocycles. The maximum Gasteiger partial charge on any atom is 0.271 e. The number of rotatable bonds is 3. The van der Waals surface area contributed by atoms with Crippen molar-refractivity contribution < 1.29 is 4.52 Å². The van der Waals surface area contributed by atoms with E-state index in [0.717, 1.165) is 37.0 Å². The summed E-state index contributed by atoms with van der Waals surface area (Å²) in [5.74, 6) is 1.58. The number of aromatic amines is 1. The summed E-state index contributed by atoms with van der Waals surface area (Å²) in [7, 11) is 0. The molecule has 3 aromatic rings. The first kappa shape index (κ1) is 15.0. The van der Waals surface area contributed by atoms with Gasteiger partial charge in [0, 0.05) is 13.1 Å². The van der Waals surface area contributed by atoms with Crippen LogP contribution in [0.2, 0.25) is 0 Å². The second-order valence-corrected chi connectivity index (χ2v) is 6.28. The van der Waals surface area contributed by atoms with Crippen molar-refractivity contribution in [1.82, 2.24) is 25.0 Å². The Balaban J connectivity index is 1.54. The lowest BCUT2D eigenvalue weighted by atomic mass is 9.98. The molecule has 4 rings (SSSR count). The molecule has 24 heavy (non-hydrogen) atoms. The van der Waals surface area contributed by atoms with E-state index in [2.05, 4.69) is 25.0 Å². The quantitative estimate of drug-likeness (QED) is 0.792. The molecule has 1 atom stereocenters. The molecule has 7 heteroatoms. The zero-order valence-corrected chi connectivity index (χ0v) is 13.5. The van der Waals surface area contributed by atoms with Crippen molar-refractivity contribution in [2.45, 2.75) is 32.2 Å². The van der Waals surface area contributed by atoms with E-state index < -0.39 is 0 Å². The van der Waals surface area contributed by atoms with Gasteiger partial charge < -0.3 is 9.51 Å². The molecule has 7 nitrogen and oxygen atoms in total. The van der Waals surface area contributed by atoms with Gasteiger partial charge in [0.2, 0.25) is 5.89 Å². The molecule has 0 aliphatic carbocycles. The van der Waals surface area contributed by atoms with Crippen LogP contribution in [0.3, 0.4) is 0 Å². The van der Waals surface area contributed by atoms with Crippen LogP contribution in [-0.2, 0) is 6.54 Å². The molecule has 0 radical (unpaired) electrons. The third-order valence-electron chi connectivity index (χ3n) is 4.44. The smallest absolute Gasteiger partial charge is 0.271 e. The maximum absolute atomic E-state index is 12.3. The first-order valence-corrected chi connectivity index (χ1v) is 8.19. The Kier molecular flexibility index (Phi) is 3.86. The largest absolute Gasteiger partial charge is 0.339 e. The van der Waals surface area contributed by atoms with E-state index >= 15 is 0 Å². The minimum absolute atomic E-state index is 0.121. The highest BCUT2D eigenvalue weighted by Gasteiger charge is 2.26. The van der Waals surface area contributed by atoms with Gasteiger partial charge in [-0.3, -0.25) is 9.69 Å². The lowest BCUT2D eigenvalue weighted by molar-refractivity contribution is 0.178. The zero-order chi connectivity index (χ0) is 16.5. The molecule has 1 fully saturated rings. The number of H-pyrrole nitrogens is 1. The highest BCUT2D eigenvalue weighted by molar-refractivity contribution is 5.73. The molecule has 1 saturated heterocycles. The van der Waals surface area contributed by atoms with E-state index in [9.17, 15) is 4.79 Å². The Bertz CT molecular complexity index is 916. The molecule has 124 valence electrons. The summed E-state index contributed by atoms with van der Waals surface area (Å²) in [4.78, 5) is 26.3. The fraction of sp³-hybridized carbons (Fsp3) is 0.412. The van der Waals surface area contributed by atoms with Gasteiger partial charge in [-0.2, -0.15) is 4.98 Å². The van der Waals surface area contributed by atoms with E-state index in [4.69, 9.17) is 4.52 Å². The normalized spacial score (nSPS) is 19.0. The summed E-state index contributed by atoms with van der Waals surface area (Å²) in [5.41, 5.74) is 2.01. The van der Waals surface area contributed by atoms with Gasteiger partial charge in [-0.25, -0.2) is 4.98 Å². The fourth-order valence-electron chi connectivity index (χ4n) is 3.27. The molecular formula is C17H19N5O2. The topological polar surface area (TPSA) is 87.9 Å². The zero-order valence-electron chi connectivity index (χ0n) is 13.5. The Labute approximate surface area is 138 Å². The van der Waals surface area contributed by atoms with Gasteiger partial charge in [0.05, 0.1) is 17.0 Å². The van der Waals surface area contributed by atoms with Gasteiger partial charge in [0.25, 0.3) is 5.56 Å². The highest BCUT2D eigenvalue weighted by Crippen LogP contribution is 2.26. The number of nitrogens with one attached hydrogen (secondary N) is 1. The Morgan fingerprint density at radius 2 is 2.21 bits per heavy atom. The second-order valence-electron chi connectivity index (χ2n) is 6.28. The number of hydrogen-bond donors (Lipinski definition) is 1. The lowest BCUT2D eigenvalue weighted by Gasteiger charge is -2.30. The SMILES string of the molecule is Cc1noc([C@@H]2CCCN(Cc3nc4ccccc4[nH]c3=O)C2)n1. The van der Waals surface area contributed by atoms with Crippen LogP contribution >= 0.6 is 0 Å². The summed E-state index contributed by atoms with van der Waals surface area (Å²) in [6.45, 7) is 4.10. The van der Waals surface area contributed by atoms with Gasteiger partial charge in [-0.15, -0.1) is 0 Å². The number of aryl methyl sites for hydroxylation is 1. The molecule has 1 aliphatic rings. The summed E-state index contributed by atoms with van der Waals surface area (Å²) in [6.07, 6.45) is 2.07. The number of likely N-dealkylation sites (tertiary alicyclic amines) is 1. The van der Waals surface area contributed by atoms with Gasteiger partial charge in [-0.1, -0.05) is 17.3 Å². The van der Waals surface area contributed by atoms with Crippen LogP contribution in [0.4, 0.5) is 0 Å². The Morgan fingerprint density at radius 1 is 1.33 bits per heavy atom. The summed E-state index contributed by atoms with van der Waals surface area (Å²) in [5, 5.41) is 3.88. The van der Waals surface area contributed by atoms with Crippen LogP contribution in [0.5, 0.6) is 0 Å². The minimum atomic E-state index is -0.121. The van der Waals surface area contributed by atoms with E-state index in [-0.39, 0.29) is 11.5 Å².